The zero-order chi connectivity index (χ0) is 19.2. The maximum atomic E-state index is 13.4. The Morgan fingerprint density at radius 1 is 1.20 bits per heavy atom. The van der Waals surface area contributed by atoms with Crippen LogP contribution in [0, 0.1) is 5.92 Å². The zero-order valence-corrected chi connectivity index (χ0v) is 15.0. The summed E-state index contributed by atoms with van der Waals surface area (Å²) in [4.78, 5) is 12.6. The maximum absolute atomic E-state index is 13.4. The van der Waals surface area contributed by atoms with E-state index in [0.29, 0.717) is 0 Å². The van der Waals surface area contributed by atoms with Crippen LogP contribution in [0.15, 0.2) is 29.4 Å². The molecule has 1 heterocycles. The molecule has 1 aromatic carbocycles. The molecule has 0 spiro atoms. The van der Waals surface area contributed by atoms with Crippen molar-refractivity contribution in [1.29, 1.82) is 0 Å². The Bertz CT molecular complexity index is 688. The Morgan fingerprint density at radius 2 is 1.72 bits per heavy atom. The Hall–Kier alpha value is -1.89. The third-order valence-electron chi connectivity index (χ3n) is 4.32. The zero-order valence-electron chi connectivity index (χ0n) is 15.0. The molecular formula is C18H23F3N2O2. The number of nitrogens with zero attached hydrogens (tertiary/aromatic N) is 2. The van der Waals surface area contributed by atoms with Crippen LogP contribution in [0.25, 0.3) is 0 Å². The second-order valence-corrected chi connectivity index (χ2v) is 7.68. The summed E-state index contributed by atoms with van der Waals surface area (Å²) < 4.78 is 40.2. The molecule has 0 fully saturated rings. The van der Waals surface area contributed by atoms with Gasteiger partial charge in [-0.2, -0.15) is 23.3 Å². The summed E-state index contributed by atoms with van der Waals surface area (Å²) in [6.07, 6.45) is -5.74. The summed E-state index contributed by atoms with van der Waals surface area (Å²) in [5, 5.41) is 14.1. The van der Waals surface area contributed by atoms with Crippen molar-refractivity contribution in [2.24, 2.45) is 11.0 Å². The van der Waals surface area contributed by atoms with Crippen molar-refractivity contribution in [3.05, 3.63) is 35.4 Å². The summed E-state index contributed by atoms with van der Waals surface area (Å²) in [7, 11) is 0. The van der Waals surface area contributed by atoms with Crippen molar-refractivity contribution in [2.75, 3.05) is 0 Å². The second kappa shape index (κ2) is 6.12. The van der Waals surface area contributed by atoms with E-state index in [1.165, 1.54) is 12.1 Å². The summed E-state index contributed by atoms with van der Waals surface area (Å²) in [5.74, 6) is -1.29. The molecule has 138 valence electrons. The lowest BCUT2D eigenvalue weighted by Gasteiger charge is -2.32. The number of halogens is 3. The lowest BCUT2D eigenvalue weighted by Crippen LogP contribution is -2.56. The second-order valence-electron chi connectivity index (χ2n) is 7.68. The largest absolute Gasteiger partial charge is 0.438 e. The fourth-order valence-electron chi connectivity index (χ4n) is 2.56. The monoisotopic (exact) mass is 356 g/mol. The van der Waals surface area contributed by atoms with Gasteiger partial charge in [0.05, 0.1) is 0 Å². The quantitative estimate of drug-likeness (QED) is 0.868. The number of alkyl halides is 3. The van der Waals surface area contributed by atoms with Crippen LogP contribution in [-0.2, 0) is 5.41 Å². The molecule has 0 unspecified atom stereocenters. The summed E-state index contributed by atoms with van der Waals surface area (Å²) in [5.41, 5.74) is -2.33. The van der Waals surface area contributed by atoms with Crippen molar-refractivity contribution in [2.45, 2.75) is 58.4 Å². The molecule has 1 aliphatic rings. The van der Waals surface area contributed by atoms with Crippen molar-refractivity contribution in [1.82, 2.24) is 5.01 Å². The summed E-state index contributed by atoms with van der Waals surface area (Å²) in [6.45, 7) is 9.31. The molecule has 1 atom stereocenters. The number of hydrogen-bond acceptors (Lipinski definition) is 3. The molecular weight excluding hydrogens is 333 g/mol. The van der Waals surface area contributed by atoms with Crippen LogP contribution in [0.1, 0.15) is 57.0 Å². The average molecular weight is 356 g/mol. The number of hydrogen-bond donors (Lipinski definition) is 1. The van der Waals surface area contributed by atoms with Crippen molar-refractivity contribution >= 4 is 11.6 Å². The van der Waals surface area contributed by atoms with Crippen LogP contribution >= 0.6 is 0 Å². The number of carbonyl (C=O) groups excluding carboxylic acids is 1. The normalized spacial score (nSPS) is 21.7. The van der Waals surface area contributed by atoms with Crippen LogP contribution in [0.4, 0.5) is 13.2 Å². The number of aliphatic hydroxyl groups is 1. The van der Waals surface area contributed by atoms with Gasteiger partial charge in [-0.25, -0.2) is 0 Å². The van der Waals surface area contributed by atoms with Crippen LogP contribution in [0.3, 0.4) is 0 Å². The smallest absolute Gasteiger partial charge is 0.362 e. The fourth-order valence-corrected chi connectivity index (χ4v) is 2.56. The first-order valence-corrected chi connectivity index (χ1v) is 8.09. The van der Waals surface area contributed by atoms with Crippen LogP contribution in [0.2, 0.25) is 0 Å². The molecule has 2 rings (SSSR count). The van der Waals surface area contributed by atoms with E-state index in [1.54, 1.807) is 26.0 Å². The van der Waals surface area contributed by atoms with E-state index < -0.39 is 24.2 Å². The van der Waals surface area contributed by atoms with Crippen molar-refractivity contribution < 1.29 is 23.1 Å². The van der Waals surface area contributed by atoms with Gasteiger partial charge in [-0.3, -0.25) is 4.79 Å². The first kappa shape index (κ1) is 19.4. The number of rotatable bonds is 2. The molecule has 25 heavy (non-hydrogen) atoms. The summed E-state index contributed by atoms with van der Waals surface area (Å²) >= 11 is 0. The highest BCUT2D eigenvalue weighted by Gasteiger charge is 2.63. The predicted molar refractivity (Wildman–Crippen MR) is 89.2 cm³/mol. The van der Waals surface area contributed by atoms with E-state index in [1.807, 2.05) is 20.8 Å². The minimum absolute atomic E-state index is 0.0458. The van der Waals surface area contributed by atoms with Gasteiger partial charge in [0.1, 0.15) is 0 Å². The molecule has 1 aliphatic heterocycles. The van der Waals surface area contributed by atoms with Gasteiger partial charge in [0.25, 0.3) is 11.6 Å². The van der Waals surface area contributed by atoms with Crippen LogP contribution in [0.5, 0.6) is 0 Å². The van der Waals surface area contributed by atoms with E-state index >= 15 is 0 Å². The molecule has 0 radical (unpaired) electrons. The Balaban J connectivity index is 2.41. The third-order valence-corrected chi connectivity index (χ3v) is 4.32. The van der Waals surface area contributed by atoms with Crippen LogP contribution in [-0.4, -0.2) is 33.6 Å². The molecule has 1 amide bonds. The van der Waals surface area contributed by atoms with E-state index in [9.17, 15) is 23.1 Å². The number of amides is 1. The third kappa shape index (κ3) is 3.56. The van der Waals surface area contributed by atoms with Gasteiger partial charge >= 0.3 is 6.18 Å². The van der Waals surface area contributed by atoms with Crippen LogP contribution < -0.4 is 0 Å². The van der Waals surface area contributed by atoms with Gasteiger partial charge in [0.15, 0.2) is 0 Å². The average Bonchev–Trinajstić information content (AvgIpc) is 2.85. The number of hydrazone groups is 1. The predicted octanol–water partition coefficient (Wildman–Crippen LogP) is 4.09. The lowest BCUT2D eigenvalue weighted by molar-refractivity contribution is -0.297. The first-order valence-electron chi connectivity index (χ1n) is 8.09. The highest BCUT2D eigenvalue weighted by Crippen LogP contribution is 2.42. The Labute approximate surface area is 145 Å². The molecule has 1 aromatic rings. The Morgan fingerprint density at radius 3 is 2.12 bits per heavy atom. The highest BCUT2D eigenvalue weighted by molar-refractivity contribution is 5.98. The maximum Gasteiger partial charge on any atom is 0.438 e. The highest BCUT2D eigenvalue weighted by atomic mass is 19.4. The van der Waals surface area contributed by atoms with E-state index in [2.05, 4.69) is 5.10 Å². The molecule has 0 saturated carbocycles. The molecule has 0 saturated heterocycles. The summed E-state index contributed by atoms with van der Waals surface area (Å²) in [6, 6.07) is 6.32. The molecule has 7 heteroatoms. The minimum Gasteiger partial charge on any atom is -0.362 e. The molecule has 0 bridgehead atoms. The van der Waals surface area contributed by atoms with Gasteiger partial charge in [0.2, 0.25) is 0 Å². The minimum atomic E-state index is -5.01. The molecule has 0 aromatic heterocycles. The molecule has 1 N–H and O–H groups in total. The van der Waals surface area contributed by atoms with Gasteiger partial charge in [0, 0.05) is 17.7 Å². The van der Waals surface area contributed by atoms with Gasteiger partial charge in [-0.1, -0.05) is 46.8 Å². The van der Waals surface area contributed by atoms with Gasteiger partial charge in [-0.05, 0) is 29.0 Å². The van der Waals surface area contributed by atoms with E-state index in [0.717, 1.165) is 5.56 Å². The topological polar surface area (TPSA) is 52.9 Å². The van der Waals surface area contributed by atoms with E-state index in [-0.39, 0.29) is 27.6 Å². The number of carbonyl (C=O) groups is 1. The fraction of sp³-hybridized carbons (Fsp3) is 0.556. The molecule has 0 aliphatic carbocycles. The van der Waals surface area contributed by atoms with Gasteiger partial charge < -0.3 is 5.11 Å². The van der Waals surface area contributed by atoms with Crippen molar-refractivity contribution in [3.8, 4) is 0 Å². The van der Waals surface area contributed by atoms with E-state index in [4.69, 9.17) is 0 Å². The lowest BCUT2D eigenvalue weighted by atomic mass is 9.86. The standard InChI is InChI=1S/C18H23F3N2O2/c1-11(2)14-10-17(25,18(19,20)21)23(22-14)15(24)12-6-8-13(9-7-12)16(3,4)5/h6-9,11,25H,10H2,1-5H3/t17-/m0/s1. The SMILES string of the molecule is CC(C)C1=NN(C(=O)c2ccc(C(C)(C)C)cc2)[C@@](O)(C(F)(F)F)C1. The van der Waals surface area contributed by atoms with Gasteiger partial charge in [-0.15, -0.1) is 0 Å². The number of benzene rings is 1. The first-order chi connectivity index (χ1) is 11.3. The Kier molecular flexibility index (Phi) is 4.76. The molecule has 4 nitrogen and oxygen atoms in total. The van der Waals surface area contributed by atoms with Crippen molar-refractivity contribution in [3.63, 3.8) is 0 Å².